The first-order valence-corrected chi connectivity index (χ1v) is 10.5. The minimum absolute atomic E-state index is 0.317. The van der Waals surface area contributed by atoms with Crippen molar-refractivity contribution in [3.8, 4) is 0 Å². The number of nitrogens with zero attached hydrogens (tertiary/aromatic N) is 3. The van der Waals surface area contributed by atoms with Gasteiger partial charge in [-0.05, 0) is 42.8 Å². The summed E-state index contributed by atoms with van der Waals surface area (Å²) in [4.78, 5) is 39.4. The molecular formula is C26H20N4O3. The summed E-state index contributed by atoms with van der Waals surface area (Å²) in [5.41, 5.74) is 3.67. The van der Waals surface area contributed by atoms with Crippen LogP contribution in [0.5, 0.6) is 0 Å². The van der Waals surface area contributed by atoms with E-state index in [1.807, 2.05) is 25.1 Å². The van der Waals surface area contributed by atoms with Crippen LogP contribution < -0.4 is 10.2 Å². The molecule has 1 aromatic heterocycles. The van der Waals surface area contributed by atoms with Crippen molar-refractivity contribution >= 4 is 29.2 Å². The lowest BCUT2D eigenvalue weighted by Crippen LogP contribution is -2.29. The van der Waals surface area contributed by atoms with Crippen LogP contribution in [-0.2, 0) is 6.54 Å². The highest BCUT2D eigenvalue weighted by atomic mass is 16.2. The molecule has 1 aliphatic heterocycles. The maximum Gasteiger partial charge on any atom is 0.266 e. The number of hydrogen-bond donors (Lipinski definition) is 1. The number of nitrogens with one attached hydrogen (secondary N) is 1. The fourth-order valence-corrected chi connectivity index (χ4v) is 3.91. The smallest absolute Gasteiger partial charge is 0.266 e. The van der Waals surface area contributed by atoms with Crippen molar-refractivity contribution < 1.29 is 14.4 Å². The van der Waals surface area contributed by atoms with Gasteiger partial charge in [0.15, 0.2) is 5.82 Å². The standard InChI is InChI=1S/C26H20N4O3/c1-17-6-4-7-18(14-17)16-29-13-12-23(28-29)27-24(31)19-8-5-9-20(15-19)30-25(32)21-10-2-3-11-22(21)26(30)33/h2-15H,16H2,1H3,(H,27,28,31). The summed E-state index contributed by atoms with van der Waals surface area (Å²) in [5, 5.41) is 7.19. The molecule has 2 heterocycles. The zero-order valence-corrected chi connectivity index (χ0v) is 17.9. The molecule has 1 N–H and O–H groups in total. The molecular weight excluding hydrogens is 416 g/mol. The van der Waals surface area contributed by atoms with Crippen LogP contribution in [0.4, 0.5) is 11.5 Å². The van der Waals surface area contributed by atoms with Crippen molar-refractivity contribution in [1.82, 2.24) is 9.78 Å². The number of hydrogen-bond acceptors (Lipinski definition) is 4. The maximum atomic E-state index is 12.8. The van der Waals surface area contributed by atoms with Gasteiger partial charge in [0, 0.05) is 17.8 Å². The first-order chi connectivity index (χ1) is 16.0. The summed E-state index contributed by atoms with van der Waals surface area (Å²) in [6.07, 6.45) is 1.80. The lowest BCUT2D eigenvalue weighted by atomic mass is 10.1. The van der Waals surface area contributed by atoms with Crippen molar-refractivity contribution in [3.63, 3.8) is 0 Å². The van der Waals surface area contributed by atoms with Gasteiger partial charge in [0.2, 0.25) is 0 Å². The Morgan fingerprint density at radius 3 is 2.33 bits per heavy atom. The van der Waals surface area contributed by atoms with Crippen molar-refractivity contribution in [1.29, 1.82) is 0 Å². The fourth-order valence-electron chi connectivity index (χ4n) is 3.91. The van der Waals surface area contributed by atoms with Gasteiger partial charge in [-0.1, -0.05) is 48.0 Å². The van der Waals surface area contributed by atoms with Gasteiger partial charge in [-0.3, -0.25) is 19.1 Å². The third-order valence-corrected chi connectivity index (χ3v) is 5.47. The summed E-state index contributed by atoms with van der Waals surface area (Å²) < 4.78 is 1.75. The number of aryl methyl sites for hydroxylation is 1. The molecule has 0 unspecified atom stereocenters. The molecule has 162 valence electrons. The van der Waals surface area contributed by atoms with Crippen LogP contribution in [0.1, 0.15) is 42.2 Å². The Balaban J connectivity index is 1.32. The highest BCUT2D eigenvalue weighted by molar-refractivity contribution is 6.34. The average molecular weight is 436 g/mol. The Morgan fingerprint density at radius 2 is 1.61 bits per heavy atom. The highest BCUT2D eigenvalue weighted by Crippen LogP contribution is 2.28. The molecule has 0 bridgehead atoms. The highest BCUT2D eigenvalue weighted by Gasteiger charge is 2.36. The molecule has 5 rings (SSSR count). The molecule has 0 saturated carbocycles. The number of carbonyl (C=O) groups excluding carboxylic acids is 3. The van der Waals surface area contributed by atoms with E-state index in [2.05, 4.69) is 16.5 Å². The quantitative estimate of drug-likeness (QED) is 0.473. The van der Waals surface area contributed by atoms with Gasteiger partial charge < -0.3 is 5.32 Å². The molecule has 3 aromatic carbocycles. The van der Waals surface area contributed by atoms with Crippen LogP contribution in [0.25, 0.3) is 0 Å². The molecule has 0 spiro atoms. The van der Waals surface area contributed by atoms with E-state index in [1.54, 1.807) is 59.4 Å². The van der Waals surface area contributed by atoms with Crippen LogP contribution in [0.15, 0.2) is 85.1 Å². The van der Waals surface area contributed by atoms with Crippen LogP contribution >= 0.6 is 0 Å². The summed E-state index contributed by atoms with van der Waals surface area (Å²) in [5.74, 6) is -0.765. The molecule has 0 fully saturated rings. The van der Waals surface area contributed by atoms with Crippen LogP contribution in [-0.4, -0.2) is 27.5 Å². The number of rotatable bonds is 5. The Labute approximate surface area is 190 Å². The lowest BCUT2D eigenvalue weighted by molar-refractivity contribution is 0.0924. The van der Waals surface area contributed by atoms with Gasteiger partial charge in [-0.2, -0.15) is 5.10 Å². The minimum Gasteiger partial charge on any atom is -0.305 e. The Bertz CT molecular complexity index is 1370. The van der Waals surface area contributed by atoms with E-state index in [0.29, 0.717) is 34.7 Å². The van der Waals surface area contributed by atoms with E-state index in [0.717, 1.165) is 10.5 Å². The summed E-state index contributed by atoms with van der Waals surface area (Å²) in [6, 6.07) is 23.0. The van der Waals surface area contributed by atoms with E-state index >= 15 is 0 Å². The third-order valence-electron chi connectivity index (χ3n) is 5.47. The topological polar surface area (TPSA) is 84.3 Å². The SMILES string of the molecule is Cc1cccc(Cn2ccc(NC(=O)c3cccc(N4C(=O)c5ccccc5C4=O)c3)n2)c1. The molecule has 0 aliphatic carbocycles. The number of aromatic nitrogens is 2. The van der Waals surface area contributed by atoms with Crippen molar-refractivity contribution in [2.24, 2.45) is 0 Å². The molecule has 7 nitrogen and oxygen atoms in total. The fraction of sp³-hybridized carbons (Fsp3) is 0.0769. The van der Waals surface area contributed by atoms with Gasteiger partial charge in [-0.15, -0.1) is 0 Å². The molecule has 0 radical (unpaired) electrons. The Morgan fingerprint density at radius 1 is 0.879 bits per heavy atom. The predicted octanol–water partition coefficient (Wildman–Crippen LogP) is 4.29. The second-order valence-electron chi connectivity index (χ2n) is 7.88. The number of fused-ring (bicyclic) bond motifs is 1. The number of amides is 3. The number of anilines is 2. The van der Waals surface area contributed by atoms with E-state index in [9.17, 15) is 14.4 Å². The van der Waals surface area contributed by atoms with Crippen LogP contribution in [0.2, 0.25) is 0 Å². The maximum absolute atomic E-state index is 12.8. The third kappa shape index (κ3) is 3.92. The molecule has 0 atom stereocenters. The normalized spacial score (nSPS) is 12.7. The monoisotopic (exact) mass is 436 g/mol. The largest absolute Gasteiger partial charge is 0.305 e. The molecule has 3 amide bonds. The first-order valence-electron chi connectivity index (χ1n) is 10.5. The predicted molar refractivity (Wildman–Crippen MR) is 124 cm³/mol. The Kier molecular flexibility index (Phi) is 5.06. The van der Waals surface area contributed by atoms with E-state index in [-0.39, 0.29) is 5.91 Å². The van der Waals surface area contributed by atoms with Crippen molar-refractivity contribution in [2.75, 3.05) is 10.2 Å². The summed E-state index contributed by atoms with van der Waals surface area (Å²) in [7, 11) is 0. The average Bonchev–Trinajstić information content (AvgIpc) is 3.35. The number of benzene rings is 3. The zero-order chi connectivity index (χ0) is 22.9. The molecule has 4 aromatic rings. The second-order valence-corrected chi connectivity index (χ2v) is 7.88. The Hall–Kier alpha value is -4.52. The van der Waals surface area contributed by atoms with Crippen LogP contribution in [0, 0.1) is 6.92 Å². The second kappa shape index (κ2) is 8.20. The molecule has 1 aliphatic rings. The van der Waals surface area contributed by atoms with E-state index < -0.39 is 11.8 Å². The first kappa shape index (κ1) is 20.4. The van der Waals surface area contributed by atoms with Gasteiger partial charge in [-0.25, -0.2) is 4.90 Å². The minimum atomic E-state index is -0.400. The number of carbonyl (C=O) groups is 3. The molecule has 7 heteroatoms. The number of imide groups is 1. The summed E-state index contributed by atoms with van der Waals surface area (Å²) in [6.45, 7) is 2.63. The van der Waals surface area contributed by atoms with Gasteiger partial charge in [0.1, 0.15) is 0 Å². The van der Waals surface area contributed by atoms with Crippen molar-refractivity contribution in [3.05, 3.63) is 113 Å². The molecule has 33 heavy (non-hydrogen) atoms. The van der Waals surface area contributed by atoms with Gasteiger partial charge in [0.05, 0.1) is 23.4 Å². The van der Waals surface area contributed by atoms with Crippen molar-refractivity contribution in [2.45, 2.75) is 13.5 Å². The molecule has 0 saturated heterocycles. The van der Waals surface area contributed by atoms with Gasteiger partial charge >= 0.3 is 0 Å². The van der Waals surface area contributed by atoms with Gasteiger partial charge in [0.25, 0.3) is 17.7 Å². The van der Waals surface area contributed by atoms with E-state index in [1.165, 1.54) is 11.6 Å². The summed E-state index contributed by atoms with van der Waals surface area (Å²) >= 11 is 0. The van der Waals surface area contributed by atoms with Crippen LogP contribution in [0.3, 0.4) is 0 Å². The van der Waals surface area contributed by atoms with E-state index in [4.69, 9.17) is 0 Å². The lowest BCUT2D eigenvalue weighted by Gasteiger charge is -2.14. The zero-order valence-electron chi connectivity index (χ0n) is 17.9.